The Kier molecular flexibility index (Phi) is 11.2. The highest BCUT2D eigenvalue weighted by atomic mass is 32.2. The SMILES string of the molecule is CCCCNC(=O)[C@H](C)N(CCc1ccccc1)C(=O)CCCN(c1ccc(C)cc1)S(C)(=O)=O. The van der Waals surface area contributed by atoms with E-state index in [0.29, 0.717) is 31.6 Å². The second kappa shape index (κ2) is 13.9. The average Bonchev–Trinajstić information content (AvgIpc) is 2.82. The smallest absolute Gasteiger partial charge is 0.242 e. The maximum Gasteiger partial charge on any atom is 0.242 e. The van der Waals surface area contributed by atoms with Crippen molar-refractivity contribution in [3.05, 3.63) is 65.7 Å². The molecule has 2 rings (SSSR count). The zero-order valence-corrected chi connectivity index (χ0v) is 22.2. The standard InChI is InChI=1S/C27H39N3O4S/c1-5-6-19-28-27(32)23(3)29(21-18-24-11-8-7-9-12-24)26(31)13-10-20-30(35(4,33)34)25-16-14-22(2)15-17-25/h7-9,11-12,14-17,23H,5-6,10,13,18-21H2,1-4H3,(H,28,32)/t23-/m0/s1. The van der Waals surface area contributed by atoms with Gasteiger partial charge in [0.1, 0.15) is 6.04 Å². The van der Waals surface area contributed by atoms with Crippen molar-refractivity contribution in [2.75, 3.05) is 30.2 Å². The number of hydrogen-bond donors (Lipinski definition) is 1. The van der Waals surface area contributed by atoms with Gasteiger partial charge in [0, 0.05) is 26.1 Å². The molecular formula is C27H39N3O4S. The van der Waals surface area contributed by atoms with E-state index >= 15 is 0 Å². The van der Waals surface area contributed by atoms with Crippen LogP contribution >= 0.6 is 0 Å². The Balaban J connectivity index is 2.07. The second-order valence-corrected chi connectivity index (χ2v) is 10.8. The molecule has 0 aliphatic heterocycles. The molecule has 0 fully saturated rings. The third-order valence-corrected chi connectivity index (χ3v) is 7.15. The summed E-state index contributed by atoms with van der Waals surface area (Å²) in [6.07, 6.45) is 4.17. The normalized spacial score (nSPS) is 12.1. The van der Waals surface area contributed by atoms with Gasteiger partial charge in [0.05, 0.1) is 11.9 Å². The lowest BCUT2D eigenvalue weighted by Gasteiger charge is -2.29. The largest absolute Gasteiger partial charge is 0.354 e. The van der Waals surface area contributed by atoms with Gasteiger partial charge in [0.2, 0.25) is 21.8 Å². The van der Waals surface area contributed by atoms with Crippen LogP contribution < -0.4 is 9.62 Å². The predicted octanol–water partition coefficient (Wildman–Crippen LogP) is 3.92. The number of sulfonamides is 1. The van der Waals surface area contributed by atoms with Crippen LogP contribution in [0.3, 0.4) is 0 Å². The monoisotopic (exact) mass is 501 g/mol. The van der Waals surface area contributed by atoms with Crippen molar-refractivity contribution in [2.45, 2.75) is 58.9 Å². The van der Waals surface area contributed by atoms with Crippen LogP contribution in [0.2, 0.25) is 0 Å². The molecule has 1 N–H and O–H groups in total. The lowest BCUT2D eigenvalue weighted by molar-refractivity contribution is -0.139. The first-order valence-corrected chi connectivity index (χ1v) is 14.1. The summed E-state index contributed by atoms with van der Waals surface area (Å²) < 4.78 is 26.1. The molecule has 8 heteroatoms. The fraction of sp³-hybridized carbons (Fsp3) is 0.481. The van der Waals surface area contributed by atoms with E-state index in [0.717, 1.165) is 24.0 Å². The van der Waals surface area contributed by atoms with Crippen molar-refractivity contribution < 1.29 is 18.0 Å². The Labute approximate surface area is 210 Å². The lowest BCUT2D eigenvalue weighted by atomic mass is 10.1. The minimum absolute atomic E-state index is 0.152. The first-order valence-electron chi connectivity index (χ1n) is 12.3. The van der Waals surface area contributed by atoms with E-state index in [2.05, 4.69) is 12.2 Å². The first kappa shape index (κ1) is 28.4. The van der Waals surface area contributed by atoms with Crippen LogP contribution in [0.25, 0.3) is 0 Å². The molecule has 0 saturated carbocycles. The Morgan fingerprint density at radius 1 is 0.971 bits per heavy atom. The molecule has 0 aromatic heterocycles. The van der Waals surface area contributed by atoms with Gasteiger partial charge in [0.25, 0.3) is 0 Å². The molecule has 192 valence electrons. The molecule has 35 heavy (non-hydrogen) atoms. The summed E-state index contributed by atoms with van der Waals surface area (Å²) >= 11 is 0. The van der Waals surface area contributed by atoms with E-state index in [-0.39, 0.29) is 24.8 Å². The number of hydrogen-bond acceptors (Lipinski definition) is 4. The summed E-state index contributed by atoms with van der Waals surface area (Å²) in [5.74, 6) is -0.325. The second-order valence-electron chi connectivity index (χ2n) is 8.92. The molecule has 0 aliphatic carbocycles. The molecule has 0 spiro atoms. The number of amides is 2. The number of aryl methyl sites for hydroxylation is 1. The first-order chi connectivity index (χ1) is 16.6. The number of carbonyl (C=O) groups excluding carboxylic acids is 2. The highest BCUT2D eigenvalue weighted by Gasteiger charge is 2.26. The lowest BCUT2D eigenvalue weighted by Crippen LogP contribution is -2.49. The van der Waals surface area contributed by atoms with Gasteiger partial charge in [-0.3, -0.25) is 13.9 Å². The fourth-order valence-electron chi connectivity index (χ4n) is 3.82. The van der Waals surface area contributed by atoms with Crippen molar-refractivity contribution in [3.8, 4) is 0 Å². The Bertz CT molecular complexity index is 1040. The van der Waals surface area contributed by atoms with Crippen LogP contribution in [-0.2, 0) is 26.0 Å². The molecule has 0 unspecified atom stereocenters. The molecule has 0 saturated heterocycles. The molecule has 0 aliphatic rings. The van der Waals surface area contributed by atoms with Crippen LogP contribution in [0.1, 0.15) is 50.7 Å². The van der Waals surface area contributed by atoms with Crippen LogP contribution in [0.15, 0.2) is 54.6 Å². The van der Waals surface area contributed by atoms with Gasteiger partial charge in [-0.1, -0.05) is 61.4 Å². The van der Waals surface area contributed by atoms with Crippen molar-refractivity contribution in [1.82, 2.24) is 10.2 Å². The zero-order valence-electron chi connectivity index (χ0n) is 21.4. The Morgan fingerprint density at radius 2 is 1.63 bits per heavy atom. The molecule has 0 heterocycles. The summed E-state index contributed by atoms with van der Waals surface area (Å²) in [7, 11) is -3.49. The maximum atomic E-state index is 13.2. The third-order valence-electron chi connectivity index (χ3n) is 5.96. The number of nitrogens with zero attached hydrogens (tertiary/aromatic N) is 2. The van der Waals surface area contributed by atoms with E-state index in [1.165, 1.54) is 10.6 Å². The molecule has 2 amide bonds. The van der Waals surface area contributed by atoms with Crippen molar-refractivity contribution >= 4 is 27.5 Å². The van der Waals surface area contributed by atoms with E-state index in [4.69, 9.17) is 0 Å². The van der Waals surface area contributed by atoms with Gasteiger partial charge in [-0.15, -0.1) is 0 Å². The van der Waals surface area contributed by atoms with Crippen LogP contribution in [0.4, 0.5) is 5.69 Å². The van der Waals surface area contributed by atoms with Crippen molar-refractivity contribution in [1.29, 1.82) is 0 Å². The van der Waals surface area contributed by atoms with E-state index in [1.807, 2.05) is 49.4 Å². The van der Waals surface area contributed by atoms with Crippen molar-refractivity contribution in [3.63, 3.8) is 0 Å². The molecule has 0 bridgehead atoms. The summed E-state index contributed by atoms with van der Waals surface area (Å²) in [6.45, 7) is 6.94. The number of anilines is 1. The molecule has 2 aromatic rings. The van der Waals surface area contributed by atoms with Gasteiger partial charge in [0.15, 0.2) is 0 Å². The average molecular weight is 502 g/mol. The zero-order chi connectivity index (χ0) is 25.8. The molecule has 1 atom stereocenters. The topological polar surface area (TPSA) is 86.8 Å². The number of rotatable bonds is 14. The van der Waals surface area contributed by atoms with Gasteiger partial charge < -0.3 is 10.2 Å². The maximum absolute atomic E-state index is 13.2. The molecule has 2 aromatic carbocycles. The Morgan fingerprint density at radius 3 is 2.23 bits per heavy atom. The number of nitrogens with one attached hydrogen (secondary N) is 1. The molecular weight excluding hydrogens is 462 g/mol. The van der Waals surface area contributed by atoms with Crippen LogP contribution in [0, 0.1) is 6.92 Å². The van der Waals surface area contributed by atoms with Gasteiger partial charge in [-0.2, -0.15) is 0 Å². The van der Waals surface area contributed by atoms with Gasteiger partial charge in [-0.05, 0) is 50.8 Å². The van der Waals surface area contributed by atoms with Crippen LogP contribution in [-0.4, -0.2) is 57.1 Å². The number of benzene rings is 2. The Hall–Kier alpha value is -2.87. The molecule has 7 nitrogen and oxygen atoms in total. The van der Waals surface area contributed by atoms with Crippen molar-refractivity contribution in [2.24, 2.45) is 0 Å². The molecule has 0 radical (unpaired) electrons. The highest BCUT2D eigenvalue weighted by Crippen LogP contribution is 2.19. The van der Waals surface area contributed by atoms with E-state index in [1.54, 1.807) is 24.0 Å². The quantitative estimate of drug-likeness (QED) is 0.398. The summed E-state index contributed by atoms with van der Waals surface area (Å²) in [6, 6.07) is 16.5. The summed E-state index contributed by atoms with van der Waals surface area (Å²) in [5, 5.41) is 2.92. The fourth-order valence-corrected chi connectivity index (χ4v) is 4.79. The highest BCUT2D eigenvalue weighted by molar-refractivity contribution is 7.92. The van der Waals surface area contributed by atoms with Gasteiger partial charge in [-0.25, -0.2) is 8.42 Å². The summed E-state index contributed by atoms with van der Waals surface area (Å²) in [4.78, 5) is 27.6. The number of carbonyl (C=O) groups is 2. The minimum Gasteiger partial charge on any atom is -0.354 e. The minimum atomic E-state index is -3.49. The van der Waals surface area contributed by atoms with E-state index < -0.39 is 16.1 Å². The third kappa shape index (κ3) is 9.36. The number of unbranched alkanes of at least 4 members (excludes halogenated alkanes) is 1. The van der Waals surface area contributed by atoms with E-state index in [9.17, 15) is 18.0 Å². The van der Waals surface area contributed by atoms with Crippen LogP contribution in [0.5, 0.6) is 0 Å². The van der Waals surface area contributed by atoms with Gasteiger partial charge >= 0.3 is 0 Å². The summed E-state index contributed by atoms with van der Waals surface area (Å²) in [5.41, 5.74) is 2.71. The predicted molar refractivity (Wildman–Crippen MR) is 142 cm³/mol.